The van der Waals surface area contributed by atoms with Crippen LogP contribution in [0.1, 0.15) is 12.0 Å². The third-order valence-electron chi connectivity index (χ3n) is 2.99. The quantitative estimate of drug-likeness (QED) is 0.887. The molecule has 1 aliphatic rings. The number of amides is 1. The Morgan fingerprint density at radius 1 is 1.32 bits per heavy atom. The van der Waals surface area contributed by atoms with Gasteiger partial charge in [-0.1, -0.05) is 12.1 Å². The average molecular weight is 259 g/mol. The molecule has 100 valence electrons. The van der Waals surface area contributed by atoms with Crippen molar-refractivity contribution in [2.24, 2.45) is 0 Å². The molecule has 1 aromatic rings. The summed E-state index contributed by atoms with van der Waals surface area (Å²) in [7, 11) is 0. The maximum atomic E-state index is 11.3. The van der Waals surface area contributed by atoms with Crippen molar-refractivity contribution in [1.82, 2.24) is 4.90 Å². The summed E-state index contributed by atoms with van der Waals surface area (Å²) >= 11 is 0. The first-order valence-corrected chi connectivity index (χ1v) is 6.34. The molecule has 0 unspecified atom stereocenters. The maximum absolute atomic E-state index is 11.3. The molecule has 0 aromatic heterocycles. The number of nitrogens with one attached hydrogen (secondary N) is 1. The number of ether oxygens (including phenoxy) is 1. The highest BCUT2D eigenvalue weighted by molar-refractivity contribution is 5.91. The van der Waals surface area contributed by atoms with E-state index in [1.165, 1.54) is 5.56 Å². The Balaban J connectivity index is 1.87. The molecule has 1 aliphatic heterocycles. The van der Waals surface area contributed by atoms with Crippen molar-refractivity contribution in [1.29, 1.82) is 5.26 Å². The van der Waals surface area contributed by atoms with E-state index in [2.05, 4.69) is 10.2 Å². The number of nitrogens with zero attached hydrogens (tertiary/aromatic N) is 2. The molecule has 0 bridgehead atoms. The molecule has 1 heterocycles. The highest BCUT2D eigenvalue weighted by Crippen LogP contribution is 2.12. The minimum Gasteiger partial charge on any atom is -0.379 e. The molecule has 1 saturated heterocycles. The molecule has 0 spiro atoms. The van der Waals surface area contributed by atoms with Gasteiger partial charge < -0.3 is 10.1 Å². The fraction of sp³-hybridized carbons (Fsp3) is 0.429. The van der Waals surface area contributed by atoms with E-state index in [1.807, 2.05) is 30.3 Å². The summed E-state index contributed by atoms with van der Waals surface area (Å²) in [5.74, 6) is -0.275. The second-order valence-electron chi connectivity index (χ2n) is 4.47. The fourth-order valence-electron chi connectivity index (χ4n) is 1.99. The molecule has 5 heteroatoms. The van der Waals surface area contributed by atoms with Gasteiger partial charge in [-0.05, 0) is 17.7 Å². The smallest absolute Gasteiger partial charge is 0.238 e. The number of hydrogen-bond donors (Lipinski definition) is 1. The Bertz CT molecular complexity index is 459. The summed E-state index contributed by atoms with van der Waals surface area (Å²) in [6.07, 6.45) is -0.116. The van der Waals surface area contributed by atoms with Crippen molar-refractivity contribution in [3.05, 3.63) is 29.8 Å². The Morgan fingerprint density at radius 2 is 2.00 bits per heavy atom. The zero-order valence-electron chi connectivity index (χ0n) is 10.8. The second-order valence-corrected chi connectivity index (χ2v) is 4.47. The summed E-state index contributed by atoms with van der Waals surface area (Å²) in [4.78, 5) is 13.6. The molecular weight excluding hydrogens is 242 g/mol. The van der Waals surface area contributed by atoms with Gasteiger partial charge in [0.2, 0.25) is 5.91 Å². The second kappa shape index (κ2) is 6.88. The monoisotopic (exact) mass is 259 g/mol. The molecule has 1 amide bonds. The van der Waals surface area contributed by atoms with Crippen molar-refractivity contribution in [3.63, 3.8) is 0 Å². The lowest BCUT2D eigenvalue weighted by atomic mass is 10.2. The summed E-state index contributed by atoms with van der Waals surface area (Å²) in [5.41, 5.74) is 1.94. The lowest BCUT2D eigenvalue weighted by Crippen LogP contribution is -2.35. The summed E-state index contributed by atoms with van der Waals surface area (Å²) in [6, 6.07) is 9.55. The van der Waals surface area contributed by atoms with Crippen molar-refractivity contribution in [3.8, 4) is 6.07 Å². The molecule has 1 fully saturated rings. The van der Waals surface area contributed by atoms with Gasteiger partial charge in [-0.25, -0.2) is 0 Å². The molecule has 0 radical (unpaired) electrons. The number of hydrogen-bond acceptors (Lipinski definition) is 4. The first-order chi connectivity index (χ1) is 9.28. The van der Waals surface area contributed by atoms with Gasteiger partial charge in [0, 0.05) is 25.3 Å². The van der Waals surface area contributed by atoms with Crippen molar-refractivity contribution < 1.29 is 9.53 Å². The van der Waals surface area contributed by atoms with Gasteiger partial charge in [0.15, 0.2) is 0 Å². The van der Waals surface area contributed by atoms with Gasteiger partial charge in [0.1, 0.15) is 6.42 Å². The van der Waals surface area contributed by atoms with Gasteiger partial charge in [-0.2, -0.15) is 5.26 Å². The van der Waals surface area contributed by atoms with E-state index in [1.54, 1.807) is 0 Å². The van der Waals surface area contributed by atoms with Gasteiger partial charge in [-0.15, -0.1) is 0 Å². The zero-order valence-corrected chi connectivity index (χ0v) is 10.8. The molecular formula is C14H17N3O2. The Hall–Kier alpha value is -1.90. The largest absolute Gasteiger partial charge is 0.379 e. The number of anilines is 1. The predicted molar refractivity (Wildman–Crippen MR) is 71.4 cm³/mol. The van der Waals surface area contributed by atoms with Gasteiger partial charge in [-0.3, -0.25) is 9.69 Å². The molecule has 0 saturated carbocycles. The van der Waals surface area contributed by atoms with Crippen LogP contribution in [0, 0.1) is 11.3 Å². The van der Waals surface area contributed by atoms with Crippen LogP contribution in [0.15, 0.2) is 24.3 Å². The Morgan fingerprint density at radius 3 is 2.63 bits per heavy atom. The highest BCUT2D eigenvalue weighted by atomic mass is 16.5. The lowest BCUT2D eigenvalue weighted by Gasteiger charge is -2.26. The molecule has 5 nitrogen and oxygen atoms in total. The van der Waals surface area contributed by atoms with Crippen LogP contribution in [0.2, 0.25) is 0 Å². The number of rotatable bonds is 4. The number of carbonyl (C=O) groups is 1. The van der Waals surface area contributed by atoms with Crippen LogP contribution in [0.3, 0.4) is 0 Å². The van der Waals surface area contributed by atoms with Crippen LogP contribution in [-0.4, -0.2) is 37.1 Å². The summed E-state index contributed by atoms with van der Waals surface area (Å²) in [6.45, 7) is 4.40. The van der Waals surface area contributed by atoms with E-state index in [0.717, 1.165) is 38.5 Å². The third kappa shape index (κ3) is 4.36. The number of nitriles is 1. The molecule has 0 aliphatic carbocycles. The van der Waals surface area contributed by atoms with Crippen molar-refractivity contribution >= 4 is 11.6 Å². The van der Waals surface area contributed by atoms with Crippen LogP contribution < -0.4 is 5.32 Å². The maximum Gasteiger partial charge on any atom is 0.238 e. The molecule has 2 rings (SSSR count). The van der Waals surface area contributed by atoms with Crippen molar-refractivity contribution in [2.75, 3.05) is 31.6 Å². The number of morpholine rings is 1. The number of carbonyl (C=O) groups excluding carboxylic acids is 1. The number of benzene rings is 1. The third-order valence-corrected chi connectivity index (χ3v) is 2.99. The molecule has 19 heavy (non-hydrogen) atoms. The van der Waals surface area contributed by atoms with Crippen LogP contribution in [-0.2, 0) is 16.1 Å². The average Bonchev–Trinajstić information content (AvgIpc) is 2.42. The molecule has 1 aromatic carbocycles. The van der Waals surface area contributed by atoms with Gasteiger partial charge >= 0.3 is 0 Å². The first-order valence-electron chi connectivity index (χ1n) is 6.34. The van der Waals surface area contributed by atoms with E-state index in [9.17, 15) is 4.79 Å². The van der Waals surface area contributed by atoms with Crippen LogP contribution in [0.25, 0.3) is 0 Å². The van der Waals surface area contributed by atoms with Crippen LogP contribution >= 0.6 is 0 Å². The highest BCUT2D eigenvalue weighted by Gasteiger charge is 2.10. The first kappa shape index (κ1) is 13.5. The van der Waals surface area contributed by atoms with Gasteiger partial charge in [0.05, 0.1) is 19.3 Å². The van der Waals surface area contributed by atoms with Gasteiger partial charge in [0.25, 0.3) is 0 Å². The molecule has 0 atom stereocenters. The Kier molecular flexibility index (Phi) is 4.90. The van der Waals surface area contributed by atoms with E-state index in [-0.39, 0.29) is 12.3 Å². The zero-order chi connectivity index (χ0) is 13.5. The topological polar surface area (TPSA) is 65.4 Å². The van der Waals surface area contributed by atoms with Crippen LogP contribution in [0.5, 0.6) is 0 Å². The van der Waals surface area contributed by atoms with E-state index in [0.29, 0.717) is 0 Å². The Labute approximate surface area is 112 Å². The fourth-order valence-corrected chi connectivity index (χ4v) is 1.99. The van der Waals surface area contributed by atoms with Crippen molar-refractivity contribution in [2.45, 2.75) is 13.0 Å². The normalized spacial score (nSPS) is 15.7. The van der Waals surface area contributed by atoms with Crippen LogP contribution in [0.4, 0.5) is 5.69 Å². The summed E-state index contributed by atoms with van der Waals surface area (Å²) < 4.78 is 5.31. The predicted octanol–water partition coefficient (Wildman–Crippen LogP) is 1.37. The minimum absolute atomic E-state index is 0.116. The molecule has 1 N–H and O–H groups in total. The SMILES string of the molecule is N#CCC(=O)Nc1ccc(CN2CCOCC2)cc1. The van der Waals surface area contributed by atoms with E-state index < -0.39 is 0 Å². The minimum atomic E-state index is -0.275. The lowest BCUT2D eigenvalue weighted by molar-refractivity contribution is -0.115. The standard InChI is InChI=1S/C14H17N3O2/c15-6-5-14(18)16-13-3-1-12(2-4-13)11-17-7-9-19-10-8-17/h1-4H,5,7-11H2,(H,16,18). The summed E-state index contributed by atoms with van der Waals surface area (Å²) in [5, 5.41) is 11.1. The van der Waals surface area contributed by atoms with E-state index in [4.69, 9.17) is 10.00 Å². The van der Waals surface area contributed by atoms with E-state index >= 15 is 0 Å².